The molecule has 5 unspecified atom stereocenters. The molecule has 2 rings (SSSR count). The van der Waals surface area contributed by atoms with Gasteiger partial charge in [-0.25, -0.2) is 9.59 Å². The number of hydrogen-bond acceptors (Lipinski definition) is 8. The number of ether oxygens (including phenoxy) is 3. The van der Waals surface area contributed by atoms with Gasteiger partial charge in [0.15, 0.2) is 6.10 Å². The molecule has 1 fully saturated rings. The van der Waals surface area contributed by atoms with Gasteiger partial charge < -0.3 is 40.0 Å². The van der Waals surface area contributed by atoms with Gasteiger partial charge in [-0.05, 0) is 36.6 Å². The van der Waals surface area contributed by atoms with Gasteiger partial charge in [-0.15, -0.1) is 0 Å². The molecular formula is C18H25NO9. The lowest BCUT2D eigenvalue weighted by atomic mass is 9.99. The number of carbonyl (C=O) groups excluding carboxylic acids is 1. The summed E-state index contributed by atoms with van der Waals surface area (Å²) in [5.41, 5.74) is 1.40. The second-order valence-corrected chi connectivity index (χ2v) is 6.26. The van der Waals surface area contributed by atoms with E-state index in [4.69, 9.17) is 19.3 Å². The summed E-state index contributed by atoms with van der Waals surface area (Å²) in [6.45, 7) is 4.13. The Hall–Kier alpha value is -2.40. The number of amides is 1. The smallest absolute Gasteiger partial charge is 0.407 e. The number of carboxylic acids is 1. The first-order chi connectivity index (χ1) is 13.3. The van der Waals surface area contributed by atoms with Gasteiger partial charge in [-0.1, -0.05) is 13.0 Å². The van der Waals surface area contributed by atoms with Gasteiger partial charge in [0, 0.05) is 6.54 Å². The molecule has 5 atom stereocenters. The van der Waals surface area contributed by atoms with E-state index >= 15 is 0 Å². The third-order valence-electron chi connectivity index (χ3n) is 4.25. The SMILES string of the molecule is CCNC(=O)OCc1ccc(OC2OC(C(=O)O)C(O)C(O)C2O)c(CC)c1. The first-order valence-electron chi connectivity index (χ1n) is 8.90. The molecule has 0 radical (unpaired) electrons. The number of benzene rings is 1. The summed E-state index contributed by atoms with van der Waals surface area (Å²) in [5.74, 6) is -1.18. The molecule has 1 aromatic rings. The molecule has 156 valence electrons. The van der Waals surface area contributed by atoms with Crippen molar-refractivity contribution in [1.82, 2.24) is 5.32 Å². The van der Waals surface area contributed by atoms with Gasteiger partial charge in [0.05, 0.1) is 0 Å². The molecule has 1 aromatic carbocycles. The van der Waals surface area contributed by atoms with Crippen molar-refractivity contribution in [3.63, 3.8) is 0 Å². The molecular weight excluding hydrogens is 374 g/mol. The third-order valence-corrected chi connectivity index (χ3v) is 4.25. The van der Waals surface area contributed by atoms with Crippen molar-refractivity contribution < 1.29 is 44.2 Å². The number of carboxylic acid groups (broad SMARTS) is 1. The first-order valence-corrected chi connectivity index (χ1v) is 8.90. The molecule has 0 bridgehead atoms. The van der Waals surface area contributed by atoms with E-state index in [1.807, 2.05) is 6.92 Å². The molecule has 28 heavy (non-hydrogen) atoms. The minimum Gasteiger partial charge on any atom is -0.479 e. The van der Waals surface area contributed by atoms with Crippen LogP contribution in [0.2, 0.25) is 0 Å². The van der Waals surface area contributed by atoms with Crippen LogP contribution in [0, 0.1) is 0 Å². The third kappa shape index (κ3) is 5.10. The van der Waals surface area contributed by atoms with E-state index in [1.54, 1.807) is 25.1 Å². The number of aliphatic carboxylic acids is 1. The van der Waals surface area contributed by atoms with Crippen molar-refractivity contribution in [3.05, 3.63) is 29.3 Å². The number of nitrogens with one attached hydrogen (secondary N) is 1. The standard InChI is InChI=1S/C18H25NO9/c1-3-10-7-9(8-26-18(25)19-4-2)5-6-11(10)27-17-14(22)12(20)13(21)15(28-17)16(23)24/h5-7,12-15,17,20-22H,3-4,8H2,1-2H3,(H,19,25)(H,23,24). The fourth-order valence-corrected chi connectivity index (χ4v) is 2.73. The van der Waals surface area contributed by atoms with Gasteiger partial charge in [0.25, 0.3) is 0 Å². The number of alkyl carbamates (subject to hydrolysis) is 1. The normalized spacial score (nSPS) is 27.1. The van der Waals surface area contributed by atoms with E-state index < -0.39 is 42.8 Å². The van der Waals surface area contributed by atoms with E-state index in [0.717, 1.165) is 0 Å². The summed E-state index contributed by atoms with van der Waals surface area (Å²) in [7, 11) is 0. The quantitative estimate of drug-likeness (QED) is 0.418. The largest absolute Gasteiger partial charge is 0.479 e. The molecule has 10 nitrogen and oxygen atoms in total. The van der Waals surface area contributed by atoms with Crippen LogP contribution in [-0.2, 0) is 27.3 Å². The molecule has 5 N–H and O–H groups in total. The Balaban J connectivity index is 2.12. The minimum atomic E-state index is -1.79. The number of aryl methyl sites for hydroxylation is 1. The molecule has 0 spiro atoms. The van der Waals surface area contributed by atoms with Crippen molar-refractivity contribution in [3.8, 4) is 5.75 Å². The number of aliphatic hydroxyl groups excluding tert-OH is 3. The summed E-state index contributed by atoms with van der Waals surface area (Å²) >= 11 is 0. The zero-order chi connectivity index (χ0) is 20.8. The lowest BCUT2D eigenvalue weighted by molar-refractivity contribution is -0.271. The minimum absolute atomic E-state index is 0.0493. The maximum atomic E-state index is 11.4. The topological polar surface area (TPSA) is 155 Å². The number of aliphatic hydroxyl groups is 3. The highest BCUT2D eigenvalue weighted by Crippen LogP contribution is 2.28. The Labute approximate surface area is 161 Å². The number of carbonyl (C=O) groups is 2. The van der Waals surface area contributed by atoms with Crippen molar-refractivity contribution in [2.24, 2.45) is 0 Å². The van der Waals surface area contributed by atoms with Crippen molar-refractivity contribution in [2.75, 3.05) is 6.54 Å². The fraction of sp³-hybridized carbons (Fsp3) is 0.556. The molecule has 0 aliphatic carbocycles. The van der Waals surface area contributed by atoms with Gasteiger partial charge in [0.2, 0.25) is 6.29 Å². The van der Waals surface area contributed by atoms with Crippen LogP contribution in [-0.4, -0.2) is 69.7 Å². The monoisotopic (exact) mass is 399 g/mol. The Kier molecular flexibility index (Phi) is 7.58. The van der Waals surface area contributed by atoms with E-state index in [-0.39, 0.29) is 6.61 Å². The zero-order valence-electron chi connectivity index (χ0n) is 15.6. The highest BCUT2D eigenvalue weighted by atomic mass is 16.7. The maximum Gasteiger partial charge on any atom is 0.407 e. The molecule has 1 saturated heterocycles. The molecule has 10 heteroatoms. The lowest BCUT2D eigenvalue weighted by Gasteiger charge is -2.38. The summed E-state index contributed by atoms with van der Waals surface area (Å²) in [6.07, 6.45) is -8.40. The predicted octanol–water partition coefficient (Wildman–Crippen LogP) is -0.234. The van der Waals surface area contributed by atoms with E-state index in [0.29, 0.717) is 29.8 Å². The fourth-order valence-electron chi connectivity index (χ4n) is 2.73. The van der Waals surface area contributed by atoms with Gasteiger partial charge in [-0.3, -0.25) is 0 Å². The maximum absolute atomic E-state index is 11.4. The average molecular weight is 399 g/mol. The zero-order valence-corrected chi connectivity index (χ0v) is 15.6. The predicted molar refractivity (Wildman–Crippen MR) is 94.6 cm³/mol. The average Bonchev–Trinajstić information content (AvgIpc) is 2.67. The highest BCUT2D eigenvalue weighted by molar-refractivity contribution is 5.73. The van der Waals surface area contributed by atoms with Crippen molar-refractivity contribution >= 4 is 12.1 Å². The van der Waals surface area contributed by atoms with Crippen LogP contribution in [0.4, 0.5) is 4.79 Å². The van der Waals surface area contributed by atoms with Crippen LogP contribution in [0.1, 0.15) is 25.0 Å². The number of hydrogen-bond donors (Lipinski definition) is 5. The van der Waals surface area contributed by atoms with Crippen LogP contribution in [0.15, 0.2) is 18.2 Å². The van der Waals surface area contributed by atoms with E-state index in [9.17, 15) is 24.9 Å². The lowest BCUT2D eigenvalue weighted by Crippen LogP contribution is -2.61. The Morgan fingerprint density at radius 3 is 2.46 bits per heavy atom. The van der Waals surface area contributed by atoms with Gasteiger partial charge in [0.1, 0.15) is 30.7 Å². The number of rotatable bonds is 7. The Bertz CT molecular complexity index is 696. The second kappa shape index (κ2) is 9.69. The molecule has 1 aliphatic heterocycles. The molecule has 1 heterocycles. The van der Waals surface area contributed by atoms with Crippen LogP contribution in [0.3, 0.4) is 0 Å². The molecule has 0 aromatic heterocycles. The molecule has 1 amide bonds. The highest BCUT2D eigenvalue weighted by Gasteiger charge is 2.48. The van der Waals surface area contributed by atoms with Crippen LogP contribution >= 0.6 is 0 Å². The van der Waals surface area contributed by atoms with Crippen LogP contribution in [0.5, 0.6) is 5.75 Å². The summed E-state index contributed by atoms with van der Waals surface area (Å²) < 4.78 is 15.8. The van der Waals surface area contributed by atoms with Gasteiger partial charge >= 0.3 is 12.1 Å². The van der Waals surface area contributed by atoms with Crippen LogP contribution < -0.4 is 10.1 Å². The van der Waals surface area contributed by atoms with Crippen molar-refractivity contribution in [2.45, 2.75) is 57.6 Å². The summed E-state index contributed by atoms with van der Waals surface area (Å²) in [5, 5.41) is 41.3. The molecule has 1 aliphatic rings. The summed E-state index contributed by atoms with van der Waals surface area (Å²) in [6, 6.07) is 4.95. The second-order valence-electron chi connectivity index (χ2n) is 6.26. The Morgan fingerprint density at radius 1 is 1.14 bits per heavy atom. The van der Waals surface area contributed by atoms with Gasteiger partial charge in [-0.2, -0.15) is 0 Å². The van der Waals surface area contributed by atoms with Crippen LogP contribution in [0.25, 0.3) is 0 Å². The Morgan fingerprint density at radius 2 is 1.86 bits per heavy atom. The first kappa shape index (κ1) is 21.9. The van der Waals surface area contributed by atoms with Crippen molar-refractivity contribution in [1.29, 1.82) is 0 Å². The molecule has 0 saturated carbocycles. The summed E-state index contributed by atoms with van der Waals surface area (Å²) in [4.78, 5) is 22.6. The van der Waals surface area contributed by atoms with E-state index in [1.165, 1.54) is 0 Å². The van der Waals surface area contributed by atoms with E-state index in [2.05, 4.69) is 5.32 Å².